The molecule has 4 rings (SSSR count). The summed E-state index contributed by atoms with van der Waals surface area (Å²) < 4.78 is 19.3. The van der Waals surface area contributed by atoms with Gasteiger partial charge in [-0.05, 0) is 68.6 Å². The first-order chi connectivity index (χ1) is 15.6. The second-order valence-corrected chi connectivity index (χ2v) is 8.92. The van der Waals surface area contributed by atoms with Gasteiger partial charge in [0, 0.05) is 50.4 Å². The van der Waals surface area contributed by atoms with E-state index in [1.807, 2.05) is 11.0 Å². The van der Waals surface area contributed by atoms with E-state index in [1.165, 1.54) is 11.8 Å². The largest absolute Gasteiger partial charge is 0.497 e. The lowest BCUT2D eigenvalue weighted by Gasteiger charge is -2.36. The van der Waals surface area contributed by atoms with E-state index in [4.69, 9.17) is 4.74 Å². The molecule has 2 aromatic rings. The maximum atomic E-state index is 14.1. The van der Waals surface area contributed by atoms with Crippen molar-refractivity contribution >= 4 is 11.6 Å². The highest BCUT2D eigenvalue weighted by Crippen LogP contribution is 2.25. The van der Waals surface area contributed by atoms with Crippen LogP contribution in [0.5, 0.6) is 5.75 Å². The molecule has 2 aliphatic rings. The molecule has 0 unspecified atom stereocenters. The molecule has 0 radical (unpaired) electrons. The number of hydrogen-bond donors (Lipinski definition) is 0. The minimum absolute atomic E-state index is 0.175. The minimum atomic E-state index is -0.175. The Labute approximate surface area is 190 Å². The molecule has 2 saturated heterocycles. The first-order valence-electron chi connectivity index (χ1n) is 11.7. The number of rotatable bonds is 7. The van der Waals surface area contributed by atoms with Gasteiger partial charge in [-0.15, -0.1) is 0 Å². The lowest BCUT2D eigenvalue weighted by molar-refractivity contribution is -0.131. The number of piperidine rings is 1. The van der Waals surface area contributed by atoms with Gasteiger partial charge >= 0.3 is 0 Å². The summed E-state index contributed by atoms with van der Waals surface area (Å²) in [5, 5.41) is 0. The number of amides is 1. The zero-order valence-corrected chi connectivity index (χ0v) is 19.0. The standard InChI is InChI=1S/C26H34FN3O2/c1-32-24-8-9-25(27)22(19-24)20-28-13-11-21(12-14-28)7-10-26(31)30-17-15-29(16-18-30)23-5-3-2-4-6-23/h2-6,8-9,19,21H,7,10-18,20H2,1H3. The molecular formula is C26H34FN3O2. The van der Waals surface area contributed by atoms with Gasteiger partial charge in [0.25, 0.3) is 0 Å². The monoisotopic (exact) mass is 439 g/mol. The number of benzene rings is 2. The van der Waals surface area contributed by atoms with Crippen LogP contribution in [0.25, 0.3) is 0 Å². The Morgan fingerprint density at radius 1 is 1.00 bits per heavy atom. The highest BCUT2D eigenvalue weighted by molar-refractivity contribution is 5.76. The maximum absolute atomic E-state index is 14.1. The summed E-state index contributed by atoms with van der Waals surface area (Å²) in [7, 11) is 1.60. The summed E-state index contributed by atoms with van der Waals surface area (Å²) in [5.74, 6) is 1.39. The van der Waals surface area contributed by atoms with Crippen molar-refractivity contribution in [3.8, 4) is 5.75 Å². The smallest absolute Gasteiger partial charge is 0.222 e. The molecule has 5 nitrogen and oxygen atoms in total. The fraction of sp³-hybridized carbons (Fsp3) is 0.500. The van der Waals surface area contributed by atoms with Gasteiger partial charge in [0.2, 0.25) is 5.91 Å². The topological polar surface area (TPSA) is 36.0 Å². The number of para-hydroxylation sites is 1. The van der Waals surface area contributed by atoms with Crippen LogP contribution in [0.1, 0.15) is 31.2 Å². The predicted molar refractivity (Wildman–Crippen MR) is 125 cm³/mol. The molecule has 2 aromatic carbocycles. The summed E-state index contributed by atoms with van der Waals surface area (Å²) in [6.45, 7) is 5.91. The Hall–Kier alpha value is -2.60. The summed E-state index contributed by atoms with van der Waals surface area (Å²) in [6.07, 6.45) is 3.74. The van der Waals surface area contributed by atoms with Crippen molar-refractivity contribution in [2.45, 2.75) is 32.2 Å². The van der Waals surface area contributed by atoms with Crippen LogP contribution in [0, 0.1) is 11.7 Å². The molecule has 2 aliphatic heterocycles. The third-order valence-corrected chi connectivity index (χ3v) is 6.87. The summed E-state index contributed by atoms with van der Waals surface area (Å²) in [4.78, 5) is 19.4. The molecule has 0 spiro atoms. The fourth-order valence-corrected chi connectivity index (χ4v) is 4.81. The maximum Gasteiger partial charge on any atom is 0.222 e. The first-order valence-corrected chi connectivity index (χ1v) is 11.7. The van der Waals surface area contributed by atoms with Gasteiger partial charge in [-0.1, -0.05) is 18.2 Å². The molecule has 2 heterocycles. The lowest BCUT2D eigenvalue weighted by Crippen LogP contribution is -2.48. The van der Waals surface area contributed by atoms with E-state index in [-0.39, 0.29) is 5.82 Å². The van der Waals surface area contributed by atoms with Crippen LogP contribution < -0.4 is 9.64 Å². The minimum Gasteiger partial charge on any atom is -0.497 e. The third kappa shape index (κ3) is 5.80. The van der Waals surface area contributed by atoms with E-state index in [0.29, 0.717) is 36.1 Å². The normalized spacial score (nSPS) is 18.1. The van der Waals surface area contributed by atoms with Crippen molar-refractivity contribution in [3.63, 3.8) is 0 Å². The number of carbonyl (C=O) groups excluding carboxylic acids is 1. The quantitative estimate of drug-likeness (QED) is 0.649. The Morgan fingerprint density at radius 2 is 1.72 bits per heavy atom. The van der Waals surface area contributed by atoms with Crippen LogP contribution in [0.2, 0.25) is 0 Å². The van der Waals surface area contributed by atoms with Crippen molar-refractivity contribution < 1.29 is 13.9 Å². The van der Waals surface area contributed by atoms with E-state index in [1.54, 1.807) is 19.2 Å². The third-order valence-electron chi connectivity index (χ3n) is 6.87. The number of carbonyl (C=O) groups is 1. The first kappa shape index (κ1) is 22.6. The van der Waals surface area contributed by atoms with Gasteiger partial charge in [0.15, 0.2) is 0 Å². The molecule has 2 fully saturated rings. The van der Waals surface area contributed by atoms with Crippen LogP contribution in [0.4, 0.5) is 10.1 Å². The summed E-state index contributed by atoms with van der Waals surface area (Å²) in [6, 6.07) is 15.3. The molecule has 0 N–H and O–H groups in total. The van der Waals surface area contributed by atoms with Crippen molar-refractivity contribution in [1.29, 1.82) is 0 Å². The zero-order chi connectivity index (χ0) is 22.3. The van der Waals surface area contributed by atoms with E-state index in [0.717, 1.165) is 58.5 Å². The molecular weight excluding hydrogens is 405 g/mol. The van der Waals surface area contributed by atoms with Crippen LogP contribution in [0.15, 0.2) is 48.5 Å². The second-order valence-electron chi connectivity index (χ2n) is 8.92. The lowest BCUT2D eigenvalue weighted by atomic mass is 9.91. The molecule has 6 heteroatoms. The van der Waals surface area contributed by atoms with Crippen LogP contribution in [-0.2, 0) is 11.3 Å². The van der Waals surface area contributed by atoms with Crippen LogP contribution in [-0.4, -0.2) is 62.1 Å². The molecule has 1 amide bonds. The molecule has 0 atom stereocenters. The van der Waals surface area contributed by atoms with Gasteiger partial charge < -0.3 is 14.5 Å². The number of piperazine rings is 1. The van der Waals surface area contributed by atoms with E-state index < -0.39 is 0 Å². The van der Waals surface area contributed by atoms with Gasteiger partial charge in [0.1, 0.15) is 11.6 Å². The number of halogens is 1. The Bertz CT molecular complexity index is 876. The van der Waals surface area contributed by atoms with Crippen LogP contribution in [0.3, 0.4) is 0 Å². The highest BCUT2D eigenvalue weighted by atomic mass is 19.1. The van der Waals surface area contributed by atoms with E-state index >= 15 is 0 Å². The van der Waals surface area contributed by atoms with Crippen molar-refractivity contribution in [1.82, 2.24) is 9.80 Å². The molecule has 0 aliphatic carbocycles. The summed E-state index contributed by atoms with van der Waals surface area (Å²) >= 11 is 0. The number of methoxy groups -OCH3 is 1. The second kappa shape index (κ2) is 10.8. The molecule has 172 valence electrons. The van der Waals surface area contributed by atoms with Crippen LogP contribution >= 0.6 is 0 Å². The average molecular weight is 440 g/mol. The van der Waals surface area contributed by atoms with E-state index in [2.05, 4.69) is 34.1 Å². The zero-order valence-electron chi connectivity index (χ0n) is 19.0. The SMILES string of the molecule is COc1ccc(F)c(CN2CCC(CCC(=O)N3CCN(c4ccccc4)CC3)CC2)c1. The number of ether oxygens (including phenoxy) is 1. The summed E-state index contributed by atoms with van der Waals surface area (Å²) in [5.41, 5.74) is 1.92. The Morgan fingerprint density at radius 3 is 2.41 bits per heavy atom. The highest BCUT2D eigenvalue weighted by Gasteiger charge is 2.24. The average Bonchev–Trinajstić information content (AvgIpc) is 2.85. The number of likely N-dealkylation sites (tertiary alicyclic amines) is 1. The molecule has 0 bridgehead atoms. The van der Waals surface area contributed by atoms with Gasteiger partial charge in [-0.25, -0.2) is 4.39 Å². The van der Waals surface area contributed by atoms with Crippen molar-refractivity contribution in [2.75, 3.05) is 51.3 Å². The van der Waals surface area contributed by atoms with E-state index in [9.17, 15) is 9.18 Å². The van der Waals surface area contributed by atoms with Gasteiger partial charge in [0.05, 0.1) is 7.11 Å². The molecule has 32 heavy (non-hydrogen) atoms. The number of nitrogens with zero attached hydrogens (tertiary/aromatic N) is 3. The van der Waals surface area contributed by atoms with Gasteiger partial charge in [-0.2, -0.15) is 0 Å². The Balaban J connectivity index is 1.17. The van der Waals surface area contributed by atoms with Crippen molar-refractivity contribution in [2.24, 2.45) is 5.92 Å². The molecule has 0 aromatic heterocycles. The number of hydrogen-bond acceptors (Lipinski definition) is 4. The van der Waals surface area contributed by atoms with Gasteiger partial charge in [-0.3, -0.25) is 9.69 Å². The fourth-order valence-electron chi connectivity index (χ4n) is 4.81. The Kier molecular flexibility index (Phi) is 7.63. The molecule has 0 saturated carbocycles. The number of anilines is 1. The predicted octanol–water partition coefficient (Wildman–Crippen LogP) is 4.18. The van der Waals surface area contributed by atoms with Crippen molar-refractivity contribution in [3.05, 3.63) is 59.9 Å².